The predicted molar refractivity (Wildman–Crippen MR) is 120 cm³/mol. The maximum Gasteiger partial charge on any atom is 0.305 e. The first-order valence-electron chi connectivity index (χ1n) is 12.1. The van der Waals surface area contributed by atoms with Crippen LogP contribution in [-0.2, 0) is 19.0 Å². The highest BCUT2D eigenvalue weighted by atomic mass is 16.5. The molecule has 2 aliphatic heterocycles. The average molecular weight is 426 g/mol. The number of aliphatic imine (C=N–C) groups is 1. The number of rotatable bonds is 12. The summed E-state index contributed by atoms with van der Waals surface area (Å²) in [5.74, 6) is 0.946. The van der Waals surface area contributed by atoms with Crippen molar-refractivity contribution in [3.8, 4) is 0 Å². The molecule has 0 spiro atoms. The second-order valence-electron chi connectivity index (χ2n) is 8.21. The number of ether oxygens (including phenoxy) is 3. The molecule has 1 N–H and O–H groups in total. The minimum Gasteiger partial charge on any atom is -0.466 e. The van der Waals surface area contributed by atoms with Gasteiger partial charge >= 0.3 is 5.97 Å². The molecule has 2 rings (SSSR count). The number of nitrogens with zero attached hydrogens (tertiary/aromatic N) is 2. The molecular weight excluding hydrogens is 382 g/mol. The lowest BCUT2D eigenvalue weighted by Gasteiger charge is -2.35. The van der Waals surface area contributed by atoms with Gasteiger partial charge in [0.15, 0.2) is 5.96 Å². The van der Waals surface area contributed by atoms with E-state index in [1.54, 1.807) is 0 Å². The summed E-state index contributed by atoms with van der Waals surface area (Å²) in [7, 11) is 0. The van der Waals surface area contributed by atoms with Crippen molar-refractivity contribution in [1.82, 2.24) is 10.2 Å². The van der Waals surface area contributed by atoms with Crippen molar-refractivity contribution in [2.75, 3.05) is 46.0 Å². The van der Waals surface area contributed by atoms with Gasteiger partial charge < -0.3 is 24.4 Å². The lowest BCUT2D eigenvalue weighted by molar-refractivity contribution is -0.143. The van der Waals surface area contributed by atoms with Crippen LogP contribution < -0.4 is 5.32 Å². The number of carbonyl (C=O) groups is 1. The van der Waals surface area contributed by atoms with Crippen molar-refractivity contribution in [1.29, 1.82) is 0 Å². The standard InChI is InChI=1S/C23H43N3O4/c1-3-24-23(25-15-9-6-5-7-12-22(27)28-4-2)26-16-13-20(14-17-26)30-19-21-11-8-10-18-29-21/h20-21H,3-19H2,1-2H3,(H,24,25). The van der Waals surface area contributed by atoms with Crippen molar-refractivity contribution >= 4 is 11.9 Å². The maximum atomic E-state index is 11.3. The molecule has 0 radical (unpaired) electrons. The molecule has 0 aromatic carbocycles. The summed E-state index contributed by atoms with van der Waals surface area (Å²) in [6.07, 6.45) is 11.0. The second-order valence-corrected chi connectivity index (χ2v) is 8.21. The van der Waals surface area contributed by atoms with E-state index in [0.29, 0.717) is 25.2 Å². The largest absolute Gasteiger partial charge is 0.466 e. The fourth-order valence-corrected chi connectivity index (χ4v) is 4.00. The minimum atomic E-state index is -0.0800. The van der Waals surface area contributed by atoms with Crippen LogP contribution in [-0.4, -0.2) is 75.0 Å². The van der Waals surface area contributed by atoms with Gasteiger partial charge in [0, 0.05) is 39.2 Å². The zero-order valence-corrected chi connectivity index (χ0v) is 19.2. The van der Waals surface area contributed by atoms with E-state index in [2.05, 4.69) is 17.1 Å². The number of nitrogens with one attached hydrogen (secondary N) is 1. The van der Waals surface area contributed by atoms with Crippen LogP contribution in [0.4, 0.5) is 0 Å². The van der Waals surface area contributed by atoms with E-state index in [9.17, 15) is 4.79 Å². The monoisotopic (exact) mass is 425 g/mol. The fraction of sp³-hybridized carbons (Fsp3) is 0.913. The molecule has 174 valence electrons. The van der Waals surface area contributed by atoms with E-state index in [4.69, 9.17) is 19.2 Å². The molecule has 30 heavy (non-hydrogen) atoms. The highest BCUT2D eigenvalue weighted by molar-refractivity contribution is 5.80. The number of carbonyl (C=O) groups excluding carboxylic acids is 1. The molecule has 2 heterocycles. The number of unbranched alkanes of at least 4 members (excludes halogenated alkanes) is 3. The maximum absolute atomic E-state index is 11.3. The first-order chi connectivity index (χ1) is 14.7. The highest BCUT2D eigenvalue weighted by Crippen LogP contribution is 2.18. The van der Waals surface area contributed by atoms with Gasteiger partial charge in [-0.3, -0.25) is 9.79 Å². The van der Waals surface area contributed by atoms with Crippen LogP contribution in [0.25, 0.3) is 0 Å². The van der Waals surface area contributed by atoms with E-state index in [-0.39, 0.29) is 5.97 Å². The molecule has 0 aromatic rings. The van der Waals surface area contributed by atoms with Crippen LogP contribution in [0.2, 0.25) is 0 Å². The van der Waals surface area contributed by atoms with Gasteiger partial charge in [-0.1, -0.05) is 12.8 Å². The fourth-order valence-electron chi connectivity index (χ4n) is 4.00. The Morgan fingerprint density at radius 1 is 1.10 bits per heavy atom. The van der Waals surface area contributed by atoms with Crippen LogP contribution in [0, 0.1) is 0 Å². The van der Waals surface area contributed by atoms with Crippen LogP contribution in [0.5, 0.6) is 0 Å². The van der Waals surface area contributed by atoms with E-state index >= 15 is 0 Å². The van der Waals surface area contributed by atoms with Crippen molar-refractivity contribution in [2.24, 2.45) is 4.99 Å². The van der Waals surface area contributed by atoms with Gasteiger partial charge in [-0.05, 0) is 58.8 Å². The van der Waals surface area contributed by atoms with Gasteiger partial charge in [0.2, 0.25) is 0 Å². The summed E-state index contributed by atoms with van der Waals surface area (Å²) in [6.45, 7) is 9.76. The topological polar surface area (TPSA) is 72.4 Å². The molecule has 2 fully saturated rings. The van der Waals surface area contributed by atoms with E-state index in [0.717, 1.165) is 90.3 Å². The van der Waals surface area contributed by atoms with Crippen LogP contribution in [0.15, 0.2) is 4.99 Å². The van der Waals surface area contributed by atoms with Crippen LogP contribution in [0.3, 0.4) is 0 Å². The Bertz CT molecular complexity index is 487. The molecule has 7 heteroatoms. The molecular formula is C23H43N3O4. The molecule has 1 unspecified atom stereocenters. The number of esters is 1. The molecule has 2 saturated heterocycles. The van der Waals surface area contributed by atoms with Crippen molar-refractivity contribution < 1.29 is 19.0 Å². The summed E-state index contributed by atoms with van der Waals surface area (Å²) < 4.78 is 16.9. The zero-order valence-electron chi connectivity index (χ0n) is 19.2. The van der Waals surface area contributed by atoms with Crippen LogP contribution in [0.1, 0.15) is 78.1 Å². The highest BCUT2D eigenvalue weighted by Gasteiger charge is 2.23. The first-order valence-corrected chi connectivity index (χ1v) is 12.1. The van der Waals surface area contributed by atoms with Gasteiger partial charge in [-0.2, -0.15) is 0 Å². The van der Waals surface area contributed by atoms with E-state index < -0.39 is 0 Å². The number of piperidine rings is 1. The van der Waals surface area contributed by atoms with Gasteiger partial charge in [0.1, 0.15) is 0 Å². The van der Waals surface area contributed by atoms with Gasteiger partial charge in [-0.15, -0.1) is 0 Å². The minimum absolute atomic E-state index is 0.0800. The third-order valence-electron chi connectivity index (χ3n) is 5.72. The molecule has 7 nitrogen and oxygen atoms in total. The second kappa shape index (κ2) is 15.5. The molecule has 1 atom stereocenters. The van der Waals surface area contributed by atoms with E-state index in [1.807, 2.05) is 6.92 Å². The summed E-state index contributed by atoms with van der Waals surface area (Å²) in [6, 6.07) is 0. The molecule has 0 aromatic heterocycles. The molecule has 0 saturated carbocycles. The normalized spacial score (nSPS) is 20.9. The van der Waals surface area contributed by atoms with Gasteiger partial charge in [0.25, 0.3) is 0 Å². The van der Waals surface area contributed by atoms with Gasteiger partial charge in [-0.25, -0.2) is 0 Å². The zero-order chi connectivity index (χ0) is 21.4. The van der Waals surface area contributed by atoms with Crippen molar-refractivity contribution in [3.05, 3.63) is 0 Å². The molecule has 0 bridgehead atoms. The number of guanidine groups is 1. The summed E-state index contributed by atoms with van der Waals surface area (Å²) in [5.41, 5.74) is 0. The summed E-state index contributed by atoms with van der Waals surface area (Å²) in [5, 5.41) is 3.44. The van der Waals surface area contributed by atoms with E-state index in [1.165, 1.54) is 12.8 Å². The Balaban J connectivity index is 1.60. The van der Waals surface area contributed by atoms with Crippen LogP contribution >= 0.6 is 0 Å². The summed E-state index contributed by atoms with van der Waals surface area (Å²) in [4.78, 5) is 18.5. The van der Waals surface area contributed by atoms with Crippen molar-refractivity contribution in [2.45, 2.75) is 90.3 Å². The predicted octanol–water partition coefficient (Wildman–Crippen LogP) is 3.52. The Hall–Kier alpha value is -1.34. The third-order valence-corrected chi connectivity index (χ3v) is 5.72. The Morgan fingerprint density at radius 3 is 2.60 bits per heavy atom. The van der Waals surface area contributed by atoms with Crippen molar-refractivity contribution in [3.63, 3.8) is 0 Å². The number of likely N-dealkylation sites (tertiary alicyclic amines) is 1. The Morgan fingerprint density at radius 2 is 1.90 bits per heavy atom. The average Bonchev–Trinajstić information content (AvgIpc) is 2.77. The lowest BCUT2D eigenvalue weighted by atomic mass is 10.1. The first kappa shape index (κ1) is 24.9. The third kappa shape index (κ3) is 10.1. The molecule has 0 aliphatic carbocycles. The molecule has 2 aliphatic rings. The summed E-state index contributed by atoms with van der Waals surface area (Å²) >= 11 is 0. The quantitative estimate of drug-likeness (QED) is 0.223. The lowest BCUT2D eigenvalue weighted by Crippen LogP contribution is -2.47. The SMILES string of the molecule is CCNC(=NCCCCCCC(=O)OCC)N1CCC(OCC2CCCCO2)CC1. The smallest absolute Gasteiger partial charge is 0.305 e. The Kier molecular flexibility index (Phi) is 12.8. The van der Waals surface area contributed by atoms with Gasteiger partial charge in [0.05, 0.1) is 25.4 Å². The number of hydrogen-bond donors (Lipinski definition) is 1. The molecule has 0 amide bonds. The Labute approximate surface area is 182 Å². The number of hydrogen-bond acceptors (Lipinski definition) is 5.